The summed E-state index contributed by atoms with van der Waals surface area (Å²) in [5.74, 6) is 9.48. The van der Waals surface area contributed by atoms with Crippen molar-refractivity contribution >= 4 is 216 Å². The minimum absolute atomic E-state index is 0.0257. The summed E-state index contributed by atoms with van der Waals surface area (Å²) in [6, 6.07) is 35.6. The molecule has 0 aliphatic carbocycles. The van der Waals surface area contributed by atoms with E-state index in [9.17, 15) is 44.4 Å². The number of halogens is 3. The Balaban J connectivity index is 0.000000154. The molecule has 608 valence electrons. The van der Waals surface area contributed by atoms with Crippen molar-refractivity contribution in [2.75, 3.05) is 17.8 Å². The van der Waals surface area contributed by atoms with Crippen molar-refractivity contribution in [2.24, 2.45) is 28.2 Å². The van der Waals surface area contributed by atoms with Crippen LogP contribution in [-0.2, 0) is 101 Å². The number of aromatic amines is 1. The summed E-state index contributed by atoms with van der Waals surface area (Å²) in [6.07, 6.45) is 35.0. The summed E-state index contributed by atoms with van der Waals surface area (Å²) in [5, 5.41) is 23.8. The number of fused-ring (bicyclic) bond motifs is 12. The Hall–Kier alpha value is -9.68. The minimum atomic E-state index is -3.38. The number of hydrogen-bond donors (Lipinski definition) is 1. The number of pyridine rings is 3. The van der Waals surface area contributed by atoms with Crippen LogP contribution in [0.5, 0.6) is 0 Å². The van der Waals surface area contributed by atoms with Crippen molar-refractivity contribution < 1.29 is 59.1 Å². The Kier molecular flexibility index (Phi) is 32.0. The first kappa shape index (κ1) is 91.6. The number of aromatic nitrogens is 19. The third-order valence-electron chi connectivity index (χ3n) is 17.0. The van der Waals surface area contributed by atoms with Crippen LogP contribution in [0.2, 0.25) is 0 Å². The van der Waals surface area contributed by atoms with E-state index in [-0.39, 0.29) is 87.7 Å². The number of nitrogens with zero attached hydrogens (tertiary/aromatic N) is 18. The fourth-order valence-corrected chi connectivity index (χ4v) is 19.5. The maximum atomic E-state index is 12.8. The molecule has 43 heteroatoms. The fraction of sp³-hybridized carbons (Fsp3) is 0.171. The second kappa shape index (κ2) is 41.5. The number of H-pyrrole nitrogens is 1. The number of aryl methyl sites for hydroxylation is 4. The van der Waals surface area contributed by atoms with Crippen LogP contribution in [-0.4, -0.2) is 144 Å². The van der Waals surface area contributed by atoms with Gasteiger partial charge in [-0.2, -0.15) is 28.8 Å². The van der Waals surface area contributed by atoms with E-state index in [1.165, 1.54) is 26.4 Å². The average Bonchev–Trinajstić information content (AvgIpc) is 1.60. The molecule has 0 amide bonds. The van der Waals surface area contributed by atoms with Gasteiger partial charge in [0, 0.05) is 93.0 Å². The van der Waals surface area contributed by atoms with Gasteiger partial charge >= 0.3 is 65.6 Å². The van der Waals surface area contributed by atoms with E-state index in [4.69, 9.17) is 39.1 Å². The second-order valence-corrected chi connectivity index (χ2v) is 55.2. The van der Waals surface area contributed by atoms with Gasteiger partial charge in [0.25, 0.3) is 22.2 Å². The average molecular weight is 2170 g/mol. The van der Waals surface area contributed by atoms with Crippen LogP contribution in [0.25, 0.3) is 85.0 Å². The fourth-order valence-electron chi connectivity index (χ4n) is 11.9. The predicted molar refractivity (Wildman–Crippen MR) is 482 cm³/mol. The zero-order valence-corrected chi connectivity index (χ0v) is 77.9. The normalized spacial score (nSPS) is 11.3. The molecule has 0 bridgehead atoms. The molecule has 15 aromatic heterocycles. The van der Waals surface area contributed by atoms with E-state index in [0.29, 0.717) is 75.9 Å². The van der Waals surface area contributed by atoms with E-state index in [2.05, 4.69) is 136 Å². The molecular formula is C76H62BrI2N19O12S8Sm. The Morgan fingerprint density at radius 2 is 0.891 bits per heavy atom. The van der Waals surface area contributed by atoms with Crippen LogP contribution in [0, 0.1) is 74.8 Å². The van der Waals surface area contributed by atoms with Gasteiger partial charge < -0.3 is 18.3 Å². The molecule has 0 aliphatic heterocycles. The molecule has 2 aromatic carbocycles. The summed E-state index contributed by atoms with van der Waals surface area (Å²) in [6.45, 7) is 0.379. The Morgan fingerprint density at radius 3 is 1.31 bits per heavy atom. The maximum absolute atomic E-state index is 12.8. The van der Waals surface area contributed by atoms with Gasteiger partial charge in [-0.25, -0.2) is 64.3 Å². The Bertz CT molecular complexity index is 7390. The number of benzene rings is 2. The number of sulfone groups is 3. The molecule has 17 rings (SSSR count). The summed E-state index contributed by atoms with van der Waals surface area (Å²) < 4.78 is 100. The van der Waals surface area contributed by atoms with Gasteiger partial charge in [-0.15, -0.1) is 71.0 Å². The van der Waals surface area contributed by atoms with Gasteiger partial charge in [0.1, 0.15) is 51.7 Å². The molecule has 0 aliphatic rings. The molecule has 1 atom stereocenters. The summed E-state index contributed by atoms with van der Waals surface area (Å²) in [7, 11) is -2.97. The van der Waals surface area contributed by atoms with Crippen molar-refractivity contribution in [1.82, 2.24) is 92.7 Å². The van der Waals surface area contributed by atoms with E-state index in [1.807, 2.05) is 77.8 Å². The first-order valence-corrected chi connectivity index (χ1v) is 59.5. The van der Waals surface area contributed by atoms with Crippen LogP contribution >= 0.6 is 89.9 Å². The molecule has 1 N–H and O–H groups in total. The monoisotopic (exact) mass is 2170 g/mol. The Morgan fingerprint density at radius 1 is 0.504 bits per heavy atom. The zero-order chi connectivity index (χ0) is 86.0. The standard InChI is InChI=1S/C23H17N5OS.C17H13N5OS.C12H10N4O3S2.C12H11NO2S.C9H8N4O3S2.C3H3Br.2HI.O2S.Sm/c1-3-13-28-23(29)19-16(14-25-28)20-21(27(19)2)26-22(30-20)18(15-9-5-4-6-10-15)17-11-7-8-12-24-17;1-3-8-22-17(23)14-12(10-19-22)15-16(21(14)2)20-13(24-15)9-11-6-4-5-7-18-11;1-4-5-16-11(17)8-7(6-13-16)9-10(15(8)2)14-12(20-9)21(3,18)19;14-16(15,12-7-2-1-3-8-12)10-11-6-4-5-9-13-11;1-13-5-4(3-10-12-8(5)14)6-7(13)11-9(17-6)18(2,15)16;1-2-3-4;;;1-3-2;/h1,4-12,14,18H,13H2,2H3;1,4-7,10H,8-9H2,2H3;1,6H,5H2,2-3H3;1-9H,10H2;3H,1-2H3,(H,12,14);1H,3H2;2*1H;;/q;;;;;;;;;+2/p-2. The number of hydrogen-bond acceptors (Lipinski definition) is 27. The number of nitrogens with one attached hydrogen (secondary N) is 1. The predicted octanol–water partition coefficient (Wildman–Crippen LogP) is 10.3. The molecule has 119 heavy (non-hydrogen) atoms. The topological polar surface area (TPSA) is 397 Å². The van der Waals surface area contributed by atoms with Crippen LogP contribution in [0.15, 0.2) is 191 Å². The molecule has 0 saturated heterocycles. The van der Waals surface area contributed by atoms with Gasteiger partial charge in [0.05, 0.1) is 76.9 Å². The SMILES string of the molecule is C#CCBr.C#CCn1ncc2c3sc(C(c4ccccc4)c4ccccn4)nc3n(C)c2c1=O.C#CCn1ncc2c3sc(Cc4ccccn4)nc3n(C)c2c1=O.C#CCn1ncc2c3sc(S(C)(=O)=O)nc3n(C)c2c1=O.Cn1c2nc(S(C)(=O)=O)sc2c2cn[nH]c(=O)c21.O=S(=O)(Cc1ccccn1)c1ccccc1.O=S=O.[I][Sm][I]. The van der Waals surface area contributed by atoms with Crippen LogP contribution in [0.4, 0.5) is 0 Å². The number of alkyl halides is 1. The van der Waals surface area contributed by atoms with Gasteiger partial charge in [-0.1, -0.05) is 106 Å². The van der Waals surface area contributed by atoms with E-state index < -0.39 is 41.1 Å². The molecule has 15 heterocycles. The number of terminal acetylenes is 4. The van der Waals surface area contributed by atoms with Crippen LogP contribution < -0.4 is 22.2 Å². The van der Waals surface area contributed by atoms with Gasteiger partial charge in [0.2, 0.25) is 28.4 Å². The molecule has 0 saturated carbocycles. The Labute approximate surface area is 738 Å². The van der Waals surface area contributed by atoms with Gasteiger partial charge in [-0.05, 0) is 54.1 Å². The quantitative estimate of drug-likeness (QED) is 0.0636. The first-order valence-electron chi connectivity index (χ1n) is 34.0. The third-order valence-corrected chi connectivity index (χ3v) is 26.7. The molecule has 0 fully saturated rings. The number of thiazole rings is 4. The summed E-state index contributed by atoms with van der Waals surface area (Å²) >= 11 is 12.6. The zero-order valence-electron chi connectivity index (χ0n) is 62.9. The van der Waals surface area contributed by atoms with Crippen LogP contribution in [0.1, 0.15) is 38.6 Å². The molecule has 0 radical (unpaired) electrons. The molecule has 17 aromatic rings. The van der Waals surface area contributed by atoms with Crippen molar-refractivity contribution in [3.63, 3.8) is 0 Å². The molecular weight excluding hydrogens is 2110 g/mol. The third kappa shape index (κ3) is 21.2. The van der Waals surface area contributed by atoms with Gasteiger partial charge in [-0.3, -0.25) is 34.1 Å². The van der Waals surface area contributed by atoms with Crippen molar-refractivity contribution in [2.45, 2.75) is 51.3 Å². The van der Waals surface area contributed by atoms with E-state index >= 15 is 0 Å². The molecule has 0 spiro atoms. The molecule has 31 nitrogen and oxygen atoms in total. The van der Waals surface area contributed by atoms with Crippen LogP contribution in [0.3, 0.4) is 0 Å². The summed E-state index contributed by atoms with van der Waals surface area (Å²) in [4.78, 5) is 80.4. The van der Waals surface area contributed by atoms with Crippen molar-refractivity contribution in [3.8, 4) is 49.4 Å². The first-order chi connectivity index (χ1) is 57.0. The number of rotatable bonds is 13. The molecule has 1 unspecified atom stereocenters. The summed E-state index contributed by atoms with van der Waals surface area (Å²) in [5.41, 5.74) is 7.03. The van der Waals surface area contributed by atoms with Gasteiger partial charge in [0.15, 0.2) is 32.4 Å². The second-order valence-electron chi connectivity index (χ2n) is 24.6. The van der Waals surface area contributed by atoms with Crippen molar-refractivity contribution in [1.29, 1.82) is 0 Å². The van der Waals surface area contributed by atoms with Crippen molar-refractivity contribution in [3.05, 3.63) is 233 Å². The van der Waals surface area contributed by atoms with E-state index in [1.54, 1.807) is 125 Å². The van der Waals surface area contributed by atoms with E-state index in [0.717, 1.165) is 93.6 Å².